The summed E-state index contributed by atoms with van der Waals surface area (Å²) in [6.07, 6.45) is -6.91. The molecular weight excluding hydrogens is 571 g/mol. The maximum Gasteiger partial charge on any atom is 0.435 e. The first-order valence-corrected chi connectivity index (χ1v) is 12.4. The lowest BCUT2D eigenvalue weighted by atomic mass is 9.87. The number of fused-ring (bicyclic) bond motifs is 1. The molecule has 0 fully saturated rings. The van der Waals surface area contributed by atoms with Crippen LogP contribution in [0.15, 0.2) is 17.3 Å². The van der Waals surface area contributed by atoms with Gasteiger partial charge in [0, 0.05) is 5.56 Å². The molecule has 1 aliphatic heterocycles. The van der Waals surface area contributed by atoms with Crippen molar-refractivity contribution >= 4 is 52.1 Å². The lowest BCUT2D eigenvalue weighted by molar-refractivity contribution is -0.275. The average molecular weight is 588 g/mol. The van der Waals surface area contributed by atoms with Crippen molar-refractivity contribution in [2.45, 2.75) is 43.9 Å². The molecule has 4 rings (SSSR count). The predicted octanol–water partition coefficient (Wildman–Crippen LogP) is 5.38. The lowest BCUT2D eigenvalue weighted by Gasteiger charge is -2.29. The molecule has 0 saturated carbocycles. The molecule has 200 valence electrons. The summed E-state index contributed by atoms with van der Waals surface area (Å²) in [7, 11) is 0. The third-order valence-electron chi connectivity index (χ3n) is 5.94. The van der Waals surface area contributed by atoms with Gasteiger partial charge in [-0.2, -0.15) is 13.2 Å². The number of hydrogen-bond donors (Lipinski definition) is 2. The monoisotopic (exact) mass is 587 g/mol. The Kier molecular flexibility index (Phi) is 7.69. The molecule has 6 nitrogen and oxygen atoms in total. The number of oxime groups is 1. The van der Waals surface area contributed by atoms with Crippen LogP contribution in [0.2, 0.25) is 10.0 Å². The Morgan fingerprint density at radius 3 is 2.41 bits per heavy atom. The molecule has 1 aromatic carbocycles. The summed E-state index contributed by atoms with van der Waals surface area (Å²) in [4.78, 5) is 29.9. The molecule has 37 heavy (non-hydrogen) atoms. The summed E-state index contributed by atoms with van der Waals surface area (Å²) in [6.45, 7) is -1.42. The largest absolute Gasteiger partial charge is 0.435 e. The number of rotatable bonds is 7. The summed E-state index contributed by atoms with van der Waals surface area (Å²) in [6, 6.07) is 1.57. The second kappa shape index (κ2) is 10.3. The molecule has 2 N–H and O–H groups in total. The van der Waals surface area contributed by atoms with Gasteiger partial charge < -0.3 is 15.5 Å². The minimum Gasteiger partial charge on any atom is -0.374 e. The van der Waals surface area contributed by atoms with E-state index in [1.165, 1.54) is 0 Å². The number of carbonyl (C=O) groups excluding carboxylic acids is 2. The van der Waals surface area contributed by atoms with Crippen LogP contribution in [-0.4, -0.2) is 43.2 Å². The molecular formula is C22H17Cl2F6N3O3S. The smallest absolute Gasteiger partial charge is 0.374 e. The number of hydrogen-bond acceptors (Lipinski definition) is 5. The summed E-state index contributed by atoms with van der Waals surface area (Å²) in [5.41, 5.74) is -2.32. The maximum atomic E-state index is 14.3. The van der Waals surface area contributed by atoms with E-state index in [0.717, 1.165) is 23.5 Å². The third-order valence-corrected chi connectivity index (χ3v) is 7.81. The first kappa shape index (κ1) is 27.5. The Morgan fingerprint density at radius 2 is 1.78 bits per heavy atom. The van der Waals surface area contributed by atoms with Crippen LogP contribution in [0.1, 0.15) is 44.1 Å². The number of amides is 2. The van der Waals surface area contributed by atoms with Crippen LogP contribution in [0, 0.1) is 5.82 Å². The van der Waals surface area contributed by atoms with Gasteiger partial charge in [0.2, 0.25) is 5.91 Å². The van der Waals surface area contributed by atoms with E-state index in [1.807, 2.05) is 5.32 Å². The second-order valence-electron chi connectivity index (χ2n) is 8.33. The highest BCUT2D eigenvalue weighted by Crippen LogP contribution is 2.51. The minimum atomic E-state index is -4.99. The summed E-state index contributed by atoms with van der Waals surface area (Å²) in [5.74, 6) is -2.55. The van der Waals surface area contributed by atoms with Crippen molar-refractivity contribution in [3.8, 4) is 0 Å². The van der Waals surface area contributed by atoms with Crippen LogP contribution >= 0.6 is 34.5 Å². The molecule has 0 bridgehead atoms. The Labute approximate surface area is 219 Å². The Balaban J connectivity index is 1.60. The van der Waals surface area contributed by atoms with Gasteiger partial charge in [-0.3, -0.25) is 9.59 Å². The van der Waals surface area contributed by atoms with Crippen molar-refractivity contribution in [1.82, 2.24) is 10.6 Å². The zero-order valence-corrected chi connectivity index (χ0v) is 20.9. The Morgan fingerprint density at radius 1 is 1.14 bits per heavy atom. The van der Waals surface area contributed by atoms with Crippen LogP contribution in [0.3, 0.4) is 0 Å². The van der Waals surface area contributed by atoms with Crippen LogP contribution < -0.4 is 10.6 Å². The first-order valence-electron chi connectivity index (χ1n) is 10.8. The molecule has 1 aliphatic carbocycles. The van der Waals surface area contributed by atoms with E-state index < -0.39 is 71.0 Å². The van der Waals surface area contributed by atoms with E-state index in [1.54, 1.807) is 0 Å². The molecule has 2 aromatic rings. The molecule has 15 heteroatoms. The molecule has 0 radical (unpaired) electrons. The summed E-state index contributed by atoms with van der Waals surface area (Å²) >= 11 is 12.4. The van der Waals surface area contributed by atoms with Crippen molar-refractivity contribution in [3.05, 3.63) is 54.4 Å². The highest BCUT2D eigenvalue weighted by molar-refractivity contribution is 7.16. The fourth-order valence-electron chi connectivity index (χ4n) is 4.20. The number of nitrogens with zero attached hydrogens (tertiary/aromatic N) is 1. The molecule has 0 saturated heterocycles. The predicted molar refractivity (Wildman–Crippen MR) is 124 cm³/mol. The number of nitrogens with one attached hydrogen (secondary N) is 2. The summed E-state index contributed by atoms with van der Waals surface area (Å²) in [5, 5.41) is 6.78. The third kappa shape index (κ3) is 5.26. The Hall–Kier alpha value is -2.51. The highest BCUT2D eigenvalue weighted by atomic mass is 35.5. The van der Waals surface area contributed by atoms with E-state index >= 15 is 0 Å². The molecule has 2 amide bonds. The van der Waals surface area contributed by atoms with E-state index in [-0.39, 0.29) is 10.6 Å². The van der Waals surface area contributed by atoms with Crippen molar-refractivity contribution in [3.63, 3.8) is 0 Å². The van der Waals surface area contributed by atoms with Gasteiger partial charge in [-0.05, 0) is 42.5 Å². The minimum absolute atomic E-state index is 0.0641. The number of benzene rings is 1. The topological polar surface area (TPSA) is 79.8 Å². The number of halogens is 8. The van der Waals surface area contributed by atoms with Gasteiger partial charge in [0.25, 0.3) is 17.9 Å². The van der Waals surface area contributed by atoms with Gasteiger partial charge in [-0.15, -0.1) is 11.3 Å². The lowest BCUT2D eigenvalue weighted by Crippen LogP contribution is -2.42. The second-order valence-corrected chi connectivity index (χ2v) is 10.2. The summed E-state index contributed by atoms with van der Waals surface area (Å²) < 4.78 is 81.3. The maximum absolute atomic E-state index is 14.3. The van der Waals surface area contributed by atoms with Crippen LogP contribution in [0.25, 0.3) is 0 Å². The van der Waals surface area contributed by atoms with E-state index in [2.05, 4.69) is 10.5 Å². The molecule has 2 aliphatic rings. The van der Waals surface area contributed by atoms with Crippen molar-refractivity contribution in [2.75, 3.05) is 13.1 Å². The van der Waals surface area contributed by atoms with Gasteiger partial charge in [-0.1, -0.05) is 28.4 Å². The number of carbonyl (C=O) groups is 2. The first-order chi connectivity index (χ1) is 17.3. The normalized spacial score (nSPS) is 19.0. The van der Waals surface area contributed by atoms with Crippen LogP contribution in [-0.2, 0) is 28.1 Å². The standard InChI is InChI=1S/C22H17Cl2F6N3O3S/c23-12-4-9(5-13(24)17(12)27)21(22(28,29)30)6-14(33-36-21)18-10-2-1-3-11(10)19(37-18)20(35)32-8-16(34)31-7-15(25)26/h4-5,15H,1-3,6-8H2,(H,31,34)(H,32,35). The van der Waals surface area contributed by atoms with E-state index in [4.69, 9.17) is 28.0 Å². The molecule has 1 unspecified atom stereocenters. The Bertz CT molecular complexity index is 1260. The molecule has 0 spiro atoms. The molecule has 1 aromatic heterocycles. The van der Waals surface area contributed by atoms with Crippen LogP contribution in [0.5, 0.6) is 0 Å². The average Bonchev–Trinajstić information content (AvgIpc) is 3.54. The van der Waals surface area contributed by atoms with Crippen molar-refractivity contribution in [2.24, 2.45) is 5.16 Å². The quantitative estimate of drug-likeness (QED) is 0.337. The van der Waals surface area contributed by atoms with E-state index in [9.17, 15) is 35.9 Å². The zero-order chi connectivity index (χ0) is 27.1. The molecule has 1 atom stereocenters. The van der Waals surface area contributed by atoms with Crippen molar-refractivity contribution < 1.29 is 40.8 Å². The van der Waals surface area contributed by atoms with Gasteiger partial charge in [-0.25, -0.2) is 13.2 Å². The highest BCUT2D eigenvalue weighted by Gasteiger charge is 2.63. The zero-order valence-electron chi connectivity index (χ0n) is 18.6. The number of thiophene rings is 1. The fraction of sp³-hybridized carbons (Fsp3) is 0.409. The van der Waals surface area contributed by atoms with Gasteiger partial charge >= 0.3 is 6.18 Å². The van der Waals surface area contributed by atoms with E-state index in [0.29, 0.717) is 35.3 Å². The van der Waals surface area contributed by atoms with Gasteiger partial charge in [0.05, 0.1) is 39.3 Å². The van der Waals surface area contributed by atoms with Crippen molar-refractivity contribution in [1.29, 1.82) is 0 Å². The van der Waals surface area contributed by atoms with Gasteiger partial charge in [0.15, 0.2) is 5.82 Å². The molecule has 2 heterocycles. The van der Waals surface area contributed by atoms with Crippen LogP contribution in [0.4, 0.5) is 26.3 Å². The SMILES string of the molecule is O=C(CNC(=O)c1sc(C2=NOC(c3cc(Cl)c(F)c(Cl)c3)(C(F)(F)F)C2)c2c1CCC2)NCC(F)F. The van der Waals surface area contributed by atoms with Gasteiger partial charge in [0.1, 0.15) is 5.71 Å². The number of alkyl halides is 5. The fourth-order valence-corrected chi connectivity index (χ4v) is 5.98.